The summed E-state index contributed by atoms with van der Waals surface area (Å²) in [7, 11) is 0. The predicted molar refractivity (Wildman–Crippen MR) is 87.2 cm³/mol. The van der Waals surface area contributed by atoms with Crippen LogP contribution < -0.4 is 16.0 Å². The van der Waals surface area contributed by atoms with Gasteiger partial charge in [0.2, 0.25) is 0 Å². The highest BCUT2D eigenvalue weighted by Crippen LogP contribution is 2.24. The third kappa shape index (κ3) is 3.98. The number of pyridine rings is 1. The summed E-state index contributed by atoms with van der Waals surface area (Å²) < 4.78 is 33.7. The first-order valence-electron chi connectivity index (χ1n) is 6.77. The first-order valence-corrected chi connectivity index (χ1v) is 7.56. The molecule has 0 saturated carbocycles. The Balaban J connectivity index is 2.25. The van der Waals surface area contributed by atoms with Crippen molar-refractivity contribution in [2.45, 2.75) is 20.1 Å². The number of nitrogens with two attached hydrogens (primary N) is 1. The van der Waals surface area contributed by atoms with Gasteiger partial charge in [0.05, 0.1) is 0 Å². The molecule has 1 heterocycles. The number of ether oxygens (including phenoxy) is 1. The van der Waals surface area contributed by atoms with Crippen molar-refractivity contribution in [2.24, 2.45) is 5.73 Å². The molecule has 2 N–H and O–H groups in total. The van der Waals surface area contributed by atoms with Crippen LogP contribution in [0.25, 0.3) is 0 Å². The molecule has 2 aromatic rings. The molecule has 1 aromatic carbocycles. The first kappa shape index (κ1) is 17.2. The maximum Gasteiger partial charge on any atom is 0.269 e. The van der Waals surface area contributed by atoms with Crippen molar-refractivity contribution in [3.8, 4) is 5.75 Å². The van der Waals surface area contributed by atoms with Gasteiger partial charge in [-0.25, -0.2) is 8.78 Å². The van der Waals surface area contributed by atoms with E-state index < -0.39 is 11.6 Å². The molecule has 0 amide bonds. The number of halogens is 3. The van der Waals surface area contributed by atoms with E-state index in [1.54, 1.807) is 19.1 Å². The maximum absolute atomic E-state index is 13.6. The van der Waals surface area contributed by atoms with E-state index in [2.05, 4.69) is 15.9 Å². The maximum atomic E-state index is 13.6. The number of benzene rings is 1. The van der Waals surface area contributed by atoms with Crippen LogP contribution in [0.2, 0.25) is 0 Å². The topological polar surface area (TPSA) is 57.2 Å². The standard InChI is InChI=1S/C16H15BrF2N2O2/c1-10-7-14(15(17)16(22)21(10)6-2-5-20)23-9-11-3-4-12(18)8-13(11)19/h2-5,7-8H,6,9,20H2,1H3/b5-2+. The number of hydrogen-bond donors (Lipinski definition) is 1. The molecule has 0 aliphatic rings. The Labute approximate surface area is 140 Å². The molecule has 23 heavy (non-hydrogen) atoms. The fourth-order valence-electron chi connectivity index (χ4n) is 2.01. The lowest BCUT2D eigenvalue weighted by molar-refractivity contribution is 0.296. The summed E-state index contributed by atoms with van der Waals surface area (Å²) in [6, 6.07) is 4.91. The lowest BCUT2D eigenvalue weighted by atomic mass is 10.2. The van der Waals surface area contributed by atoms with Crippen molar-refractivity contribution in [3.05, 3.63) is 74.3 Å². The molecule has 0 spiro atoms. The van der Waals surface area contributed by atoms with Crippen LogP contribution in [-0.2, 0) is 13.2 Å². The van der Waals surface area contributed by atoms with Gasteiger partial charge in [0.1, 0.15) is 28.5 Å². The van der Waals surface area contributed by atoms with E-state index in [9.17, 15) is 13.6 Å². The second-order valence-corrected chi connectivity index (χ2v) is 5.63. The van der Waals surface area contributed by atoms with Gasteiger partial charge in [0.15, 0.2) is 0 Å². The van der Waals surface area contributed by atoms with Crippen LogP contribution in [0.15, 0.2) is 45.8 Å². The average Bonchev–Trinajstić information content (AvgIpc) is 2.51. The van der Waals surface area contributed by atoms with E-state index in [0.29, 0.717) is 18.0 Å². The minimum atomic E-state index is -0.695. The van der Waals surface area contributed by atoms with Crippen LogP contribution in [0.3, 0.4) is 0 Å². The Bertz CT molecular complexity index is 803. The summed E-state index contributed by atoms with van der Waals surface area (Å²) in [4.78, 5) is 12.3. The van der Waals surface area contributed by atoms with E-state index in [0.717, 1.165) is 12.1 Å². The van der Waals surface area contributed by atoms with Gasteiger partial charge in [-0.05, 0) is 47.3 Å². The van der Waals surface area contributed by atoms with Gasteiger partial charge in [0.25, 0.3) is 5.56 Å². The average molecular weight is 385 g/mol. The van der Waals surface area contributed by atoms with Gasteiger partial charge >= 0.3 is 0 Å². The number of aryl methyl sites for hydroxylation is 1. The van der Waals surface area contributed by atoms with E-state index in [1.165, 1.54) is 16.8 Å². The minimum Gasteiger partial charge on any atom is -0.487 e. The summed E-state index contributed by atoms with van der Waals surface area (Å²) in [5.41, 5.74) is 5.88. The molecular weight excluding hydrogens is 370 g/mol. The van der Waals surface area contributed by atoms with Crippen LogP contribution in [0, 0.1) is 18.6 Å². The Hall–Kier alpha value is -2.15. The van der Waals surface area contributed by atoms with Crippen molar-refractivity contribution < 1.29 is 13.5 Å². The molecule has 122 valence electrons. The Kier molecular flexibility index (Phi) is 5.54. The molecule has 0 aliphatic carbocycles. The molecule has 0 aliphatic heterocycles. The first-order chi connectivity index (χ1) is 10.9. The summed E-state index contributed by atoms with van der Waals surface area (Å²) in [6.07, 6.45) is 3.01. The van der Waals surface area contributed by atoms with E-state index in [1.807, 2.05) is 0 Å². The summed E-state index contributed by atoms with van der Waals surface area (Å²) in [6.45, 7) is 1.98. The van der Waals surface area contributed by atoms with Crippen LogP contribution in [0.5, 0.6) is 5.75 Å². The third-order valence-corrected chi connectivity index (χ3v) is 3.97. The zero-order chi connectivity index (χ0) is 17.0. The van der Waals surface area contributed by atoms with Crippen molar-refractivity contribution in [2.75, 3.05) is 0 Å². The predicted octanol–water partition coefficient (Wildman–Crippen LogP) is 3.25. The van der Waals surface area contributed by atoms with Gasteiger partial charge in [0, 0.05) is 29.9 Å². The largest absolute Gasteiger partial charge is 0.487 e. The number of aromatic nitrogens is 1. The smallest absolute Gasteiger partial charge is 0.269 e. The van der Waals surface area contributed by atoms with Crippen LogP contribution in [-0.4, -0.2) is 4.57 Å². The van der Waals surface area contributed by atoms with Crippen molar-refractivity contribution in [1.29, 1.82) is 0 Å². The number of rotatable bonds is 5. The molecule has 2 rings (SSSR count). The van der Waals surface area contributed by atoms with E-state index >= 15 is 0 Å². The second kappa shape index (κ2) is 7.41. The molecule has 0 fully saturated rings. The minimum absolute atomic E-state index is 0.115. The Morgan fingerprint density at radius 1 is 1.35 bits per heavy atom. The quantitative estimate of drug-likeness (QED) is 0.860. The third-order valence-electron chi connectivity index (χ3n) is 3.24. The van der Waals surface area contributed by atoms with Crippen molar-refractivity contribution in [3.63, 3.8) is 0 Å². The normalized spacial score (nSPS) is 11.1. The van der Waals surface area contributed by atoms with E-state index in [4.69, 9.17) is 10.5 Å². The van der Waals surface area contributed by atoms with Crippen molar-refractivity contribution >= 4 is 15.9 Å². The molecule has 0 saturated heterocycles. The number of nitrogens with zero attached hydrogens (tertiary/aromatic N) is 1. The van der Waals surface area contributed by atoms with Gasteiger partial charge in [-0.3, -0.25) is 4.79 Å². The summed E-state index contributed by atoms with van der Waals surface area (Å²) >= 11 is 3.19. The number of allylic oxidation sites excluding steroid dienone is 1. The van der Waals surface area contributed by atoms with Crippen molar-refractivity contribution in [1.82, 2.24) is 4.57 Å². The highest BCUT2D eigenvalue weighted by molar-refractivity contribution is 9.10. The lowest BCUT2D eigenvalue weighted by Gasteiger charge is -2.13. The van der Waals surface area contributed by atoms with Gasteiger partial charge in [-0.2, -0.15) is 0 Å². The molecular formula is C16H15BrF2N2O2. The number of hydrogen-bond acceptors (Lipinski definition) is 3. The monoisotopic (exact) mass is 384 g/mol. The highest BCUT2D eigenvalue weighted by atomic mass is 79.9. The molecule has 0 bridgehead atoms. The molecule has 4 nitrogen and oxygen atoms in total. The lowest BCUT2D eigenvalue weighted by Crippen LogP contribution is -2.23. The van der Waals surface area contributed by atoms with Crippen LogP contribution >= 0.6 is 15.9 Å². The zero-order valence-corrected chi connectivity index (χ0v) is 13.9. The van der Waals surface area contributed by atoms with Gasteiger partial charge in [-0.15, -0.1) is 0 Å². The fourth-order valence-corrected chi connectivity index (χ4v) is 2.45. The summed E-state index contributed by atoms with van der Waals surface area (Å²) in [5, 5.41) is 0. The molecule has 1 aromatic heterocycles. The SMILES string of the molecule is Cc1cc(OCc2ccc(F)cc2F)c(Br)c(=O)n1C/C=C/N. The van der Waals surface area contributed by atoms with Gasteiger partial charge in [-0.1, -0.05) is 0 Å². The van der Waals surface area contributed by atoms with Gasteiger partial charge < -0.3 is 15.0 Å². The molecule has 0 atom stereocenters. The fraction of sp³-hybridized carbons (Fsp3) is 0.188. The Morgan fingerprint density at radius 2 is 2.09 bits per heavy atom. The molecule has 7 heteroatoms. The van der Waals surface area contributed by atoms with Crippen LogP contribution in [0.4, 0.5) is 8.78 Å². The molecule has 0 radical (unpaired) electrons. The Morgan fingerprint density at radius 3 is 2.74 bits per heavy atom. The highest BCUT2D eigenvalue weighted by Gasteiger charge is 2.12. The molecule has 0 unspecified atom stereocenters. The zero-order valence-electron chi connectivity index (χ0n) is 12.4. The van der Waals surface area contributed by atoms with E-state index in [-0.39, 0.29) is 22.2 Å². The second-order valence-electron chi connectivity index (χ2n) is 4.83. The van der Waals surface area contributed by atoms with Crippen LogP contribution in [0.1, 0.15) is 11.3 Å². The summed E-state index contributed by atoms with van der Waals surface area (Å²) in [5.74, 6) is -1.05.